The predicted molar refractivity (Wildman–Crippen MR) is 60.1 cm³/mol. The van der Waals surface area contributed by atoms with Gasteiger partial charge in [-0.15, -0.1) is 0 Å². The normalized spacial score (nSPS) is 12.2. The van der Waals surface area contributed by atoms with Crippen molar-refractivity contribution in [2.45, 2.75) is 31.7 Å². The van der Waals surface area contributed by atoms with Gasteiger partial charge in [0.2, 0.25) is 0 Å². The van der Waals surface area contributed by atoms with E-state index in [1.807, 2.05) is 0 Å². The van der Waals surface area contributed by atoms with Gasteiger partial charge in [-0.05, 0) is 18.6 Å². The van der Waals surface area contributed by atoms with Crippen LogP contribution in [0.1, 0.15) is 25.7 Å². The van der Waals surface area contributed by atoms with Crippen molar-refractivity contribution in [1.29, 1.82) is 0 Å². The highest BCUT2D eigenvalue weighted by molar-refractivity contribution is 7.80. The van der Waals surface area contributed by atoms with Gasteiger partial charge in [-0.1, -0.05) is 6.42 Å². The second kappa shape index (κ2) is 7.81. The molecule has 80 valence electrons. The fraction of sp³-hybridized carbons (Fsp3) is 1.00. The fourth-order valence-electron chi connectivity index (χ4n) is 1.19. The molecule has 0 spiro atoms. The van der Waals surface area contributed by atoms with Gasteiger partial charge in [0.1, 0.15) is 0 Å². The van der Waals surface area contributed by atoms with E-state index >= 15 is 0 Å². The molecule has 0 aromatic rings. The summed E-state index contributed by atoms with van der Waals surface area (Å²) in [5.41, 5.74) is 0. The smallest absolute Gasteiger partial charge is 0.272 e. The van der Waals surface area contributed by atoms with Crippen LogP contribution in [-0.4, -0.2) is 36.4 Å². The van der Waals surface area contributed by atoms with Crippen LogP contribution >= 0.6 is 12.6 Å². The third-order valence-electron chi connectivity index (χ3n) is 2.07. The van der Waals surface area contributed by atoms with E-state index in [4.69, 9.17) is 13.9 Å². The molecule has 5 heteroatoms. The molecule has 0 amide bonds. The summed E-state index contributed by atoms with van der Waals surface area (Å²) in [6.07, 6.45) is 4.11. The molecule has 0 fully saturated rings. The summed E-state index contributed by atoms with van der Waals surface area (Å²) in [6, 6.07) is 0. The second-order valence-corrected chi connectivity index (χ2v) is 3.69. The lowest BCUT2D eigenvalue weighted by molar-refractivity contribution is -0.325. The average Bonchev–Trinajstić information content (AvgIpc) is 2.20. The molecule has 13 heavy (non-hydrogen) atoms. The lowest BCUT2D eigenvalue weighted by Crippen LogP contribution is -2.36. The number of thiol groups is 1. The number of rotatable bonds is 8. The first-order valence-corrected chi connectivity index (χ1v) is 5.96. The van der Waals surface area contributed by atoms with Crippen molar-refractivity contribution in [3.05, 3.63) is 0 Å². The lowest BCUT2D eigenvalue weighted by atomic mass is 10.2. The summed E-state index contributed by atoms with van der Waals surface area (Å²) in [7, 11) is 3.84. The molecule has 0 saturated carbocycles. The average molecular weight is 224 g/mol. The van der Waals surface area contributed by atoms with Gasteiger partial charge in [0.05, 0.1) is 0 Å². The van der Waals surface area contributed by atoms with Crippen molar-refractivity contribution in [3.8, 4) is 0 Å². The monoisotopic (exact) mass is 224 g/mol. The Kier molecular flexibility index (Phi) is 8.08. The quantitative estimate of drug-likeness (QED) is 0.285. The molecule has 0 aromatic heterocycles. The zero-order valence-electron chi connectivity index (χ0n) is 8.71. The number of unbranched alkanes of at least 4 members (excludes halogenated alkanes) is 2. The molecule has 0 atom stereocenters. The topological polar surface area (TPSA) is 27.7 Å². The molecule has 0 radical (unpaired) electrons. The Hall–Kier alpha value is 0.447. The van der Waals surface area contributed by atoms with E-state index in [0.717, 1.165) is 31.4 Å². The largest absolute Gasteiger partial charge is 0.380 e. The van der Waals surface area contributed by atoms with Gasteiger partial charge < -0.3 is 13.9 Å². The zero-order chi connectivity index (χ0) is 10.2. The minimum Gasteiger partial charge on any atom is -0.380 e. The molecule has 0 heterocycles. The van der Waals surface area contributed by atoms with Crippen molar-refractivity contribution >= 4 is 23.1 Å². The molecular weight excluding hydrogens is 204 g/mol. The Balaban J connectivity index is 3.68. The maximum absolute atomic E-state index is 5.29. The number of hydrogen-bond donors (Lipinski definition) is 1. The minimum atomic E-state index is -0.789. The van der Waals surface area contributed by atoms with Crippen molar-refractivity contribution in [3.63, 3.8) is 0 Å². The SMILES string of the molecule is COC(CCCCCS)(OC)O[SiH3]. The maximum atomic E-state index is 5.29. The van der Waals surface area contributed by atoms with E-state index in [0.29, 0.717) is 10.5 Å². The van der Waals surface area contributed by atoms with E-state index in [1.54, 1.807) is 14.2 Å². The van der Waals surface area contributed by atoms with Gasteiger partial charge in [0, 0.05) is 20.6 Å². The first kappa shape index (κ1) is 13.4. The highest BCUT2D eigenvalue weighted by Crippen LogP contribution is 2.20. The van der Waals surface area contributed by atoms with Crippen LogP contribution in [0.25, 0.3) is 0 Å². The van der Waals surface area contributed by atoms with Crippen LogP contribution in [0.3, 0.4) is 0 Å². The van der Waals surface area contributed by atoms with Crippen LogP contribution in [0, 0.1) is 0 Å². The summed E-state index contributed by atoms with van der Waals surface area (Å²) < 4.78 is 15.7. The summed E-state index contributed by atoms with van der Waals surface area (Å²) >= 11 is 4.15. The molecule has 0 aromatic carbocycles. The second-order valence-electron chi connectivity index (χ2n) is 2.83. The molecule has 0 aliphatic heterocycles. The third-order valence-corrected chi connectivity index (χ3v) is 3.01. The van der Waals surface area contributed by atoms with E-state index in [9.17, 15) is 0 Å². The lowest BCUT2D eigenvalue weighted by Gasteiger charge is -2.29. The van der Waals surface area contributed by atoms with E-state index in [-0.39, 0.29) is 0 Å². The minimum absolute atomic E-state index is 0.620. The maximum Gasteiger partial charge on any atom is 0.272 e. The summed E-state index contributed by atoms with van der Waals surface area (Å²) in [4.78, 5) is 0. The van der Waals surface area contributed by atoms with Gasteiger partial charge >= 0.3 is 0 Å². The summed E-state index contributed by atoms with van der Waals surface area (Å²) in [5, 5.41) is 0. The molecule has 0 aliphatic rings. The zero-order valence-corrected chi connectivity index (χ0v) is 11.6. The molecule has 0 unspecified atom stereocenters. The van der Waals surface area contributed by atoms with Crippen LogP contribution in [0.4, 0.5) is 0 Å². The molecule has 0 saturated heterocycles. The van der Waals surface area contributed by atoms with Gasteiger partial charge in [0.25, 0.3) is 5.97 Å². The van der Waals surface area contributed by atoms with Crippen LogP contribution < -0.4 is 0 Å². The Labute approximate surface area is 89.1 Å². The van der Waals surface area contributed by atoms with Gasteiger partial charge in [-0.3, -0.25) is 0 Å². The number of hydrogen-bond acceptors (Lipinski definition) is 4. The first-order chi connectivity index (χ1) is 6.24. The van der Waals surface area contributed by atoms with Crippen LogP contribution in [0.5, 0.6) is 0 Å². The van der Waals surface area contributed by atoms with E-state index in [2.05, 4.69) is 12.6 Å². The molecule has 0 bridgehead atoms. The Bertz CT molecular complexity index is 112. The highest BCUT2D eigenvalue weighted by Gasteiger charge is 2.27. The first-order valence-electron chi connectivity index (χ1n) is 4.51. The fourth-order valence-corrected chi connectivity index (χ4v) is 1.95. The van der Waals surface area contributed by atoms with Gasteiger partial charge in [-0.25, -0.2) is 0 Å². The third kappa shape index (κ3) is 5.02. The molecular formula is C8H20O3SSi. The molecule has 3 nitrogen and oxygen atoms in total. The summed E-state index contributed by atoms with van der Waals surface area (Å²) in [5.74, 6) is 0.150. The van der Waals surface area contributed by atoms with Gasteiger partial charge in [-0.2, -0.15) is 12.6 Å². The molecule has 0 aliphatic carbocycles. The Morgan fingerprint density at radius 2 is 1.77 bits per heavy atom. The van der Waals surface area contributed by atoms with Crippen molar-refractivity contribution in [2.75, 3.05) is 20.0 Å². The van der Waals surface area contributed by atoms with Crippen LogP contribution in [-0.2, 0) is 13.9 Å². The van der Waals surface area contributed by atoms with Crippen LogP contribution in [0.15, 0.2) is 0 Å². The Morgan fingerprint density at radius 1 is 1.15 bits per heavy atom. The molecule has 0 N–H and O–H groups in total. The van der Waals surface area contributed by atoms with E-state index in [1.165, 1.54) is 0 Å². The van der Waals surface area contributed by atoms with Crippen molar-refractivity contribution in [2.24, 2.45) is 0 Å². The van der Waals surface area contributed by atoms with Gasteiger partial charge in [0.15, 0.2) is 10.5 Å². The van der Waals surface area contributed by atoms with Crippen molar-refractivity contribution < 1.29 is 13.9 Å². The van der Waals surface area contributed by atoms with E-state index < -0.39 is 5.97 Å². The highest BCUT2D eigenvalue weighted by atomic mass is 32.1. The Morgan fingerprint density at radius 3 is 2.15 bits per heavy atom. The van der Waals surface area contributed by atoms with Crippen LogP contribution in [0.2, 0.25) is 0 Å². The number of ether oxygens (including phenoxy) is 2. The molecule has 0 rings (SSSR count). The standard InChI is InChI=1S/C8H20O3SSi/c1-9-8(10-2,11-13)6-4-3-5-7-12/h12H,3-7H2,1-2,13H3. The van der Waals surface area contributed by atoms with Crippen molar-refractivity contribution in [1.82, 2.24) is 0 Å². The number of methoxy groups -OCH3 is 2. The summed E-state index contributed by atoms with van der Waals surface area (Å²) in [6.45, 7) is 0. The predicted octanol–water partition coefficient (Wildman–Crippen LogP) is 0.720.